The summed E-state index contributed by atoms with van der Waals surface area (Å²) in [4.78, 5) is 17.1. The number of hydrogen-bond donors (Lipinski definition) is 1. The highest BCUT2D eigenvalue weighted by atomic mass is 79.9. The van der Waals surface area contributed by atoms with Crippen LogP contribution in [0.15, 0.2) is 77.5 Å². The normalized spacial score (nSPS) is 10.7. The second-order valence-corrected chi connectivity index (χ2v) is 7.14. The first kappa shape index (κ1) is 19.0. The Bertz CT molecular complexity index is 1140. The number of nitrogens with one attached hydrogen (secondary N) is 1. The summed E-state index contributed by atoms with van der Waals surface area (Å²) in [6.07, 6.45) is 3.85. The summed E-state index contributed by atoms with van der Waals surface area (Å²) in [6, 6.07) is 18.3. The van der Waals surface area contributed by atoms with Crippen LogP contribution < -0.4 is 14.8 Å². The summed E-state index contributed by atoms with van der Waals surface area (Å²) in [5, 5.41) is 2.89. The number of imidazole rings is 1. The zero-order valence-electron chi connectivity index (χ0n) is 15.6. The van der Waals surface area contributed by atoms with Crippen LogP contribution in [0, 0.1) is 0 Å². The number of hydrogen-bond acceptors (Lipinski definition) is 4. The van der Waals surface area contributed by atoms with Gasteiger partial charge in [0.15, 0.2) is 11.5 Å². The number of carbonyl (C=O) groups excluding carboxylic acids is 1. The van der Waals surface area contributed by atoms with E-state index >= 15 is 0 Å². The molecule has 29 heavy (non-hydrogen) atoms. The topological polar surface area (TPSA) is 64.9 Å². The van der Waals surface area contributed by atoms with Gasteiger partial charge in [-0.25, -0.2) is 4.98 Å². The molecule has 7 heteroatoms. The van der Waals surface area contributed by atoms with Crippen LogP contribution in [0.4, 0.5) is 5.69 Å². The van der Waals surface area contributed by atoms with Crippen molar-refractivity contribution in [1.82, 2.24) is 9.38 Å². The molecule has 0 radical (unpaired) electrons. The Morgan fingerprint density at radius 3 is 2.72 bits per heavy atom. The molecule has 0 saturated carbocycles. The highest BCUT2D eigenvalue weighted by molar-refractivity contribution is 9.10. The number of halogens is 1. The van der Waals surface area contributed by atoms with Gasteiger partial charge in [0, 0.05) is 28.6 Å². The molecule has 0 aliphatic rings. The van der Waals surface area contributed by atoms with Crippen molar-refractivity contribution in [1.29, 1.82) is 0 Å². The van der Waals surface area contributed by atoms with Crippen LogP contribution in [0.25, 0.3) is 5.65 Å². The SMILES string of the molecule is COc1ccc(NC(=O)c2ccccc2Br)cc1OCc1cn2ccccc2n1. The lowest BCUT2D eigenvalue weighted by atomic mass is 10.2. The predicted octanol–water partition coefficient (Wildman–Crippen LogP) is 4.94. The number of ether oxygens (including phenoxy) is 2. The first-order valence-corrected chi connectivity index (χ1v) is 9.72. The maximum Gasteiger partial charge on any atom is 0.256 e. The first-order valence-electron chi connectivity index (χ1n) is 8.93. The summed E-state index contributed by atoms with van der Waals surface area (Å²) in [6.45, 7) is 0.277. The van der Waals surface area contributed by atoms with Gasteiger partial charge in [0.1, 0.15) is 12.3 Å². The molecule has 0 unspecified atom stereocenters. The van der Waals surface area contributed by atoms with Crippen LogP contribution in [0.5, 0.6) is 11.5 Å². The number of methoxy groups -OCH3 is 1. The molecule has 2 heterocycles. The van der Waals surface area contributed by atoms with E-state index in [1.54, 1.807) is 31.4 Å². The number of anilines is 1. The van der Waals surface area contributed by atoms with Gasteiger partial charge in [-0.05, 0) is 52.3 Å². The molecular weight excluding hydrogens is 434 g/mol. The average molecular weight is 452 g/mol. The molecule has 4 rings (SSSR count). The maximum atomic E-state index is 12.6. The fourth-order valence-electron chi connectivity index (χ4n) is 2.92. The molecule has 0 fully saturated rings. The quantitative estimate of drug-likeness (QED) is 0.450. The molecule has 0 aliphatic carbocycles. The molecule has 1 amide bonds. The molecule has 0 atom stereocenters. The van der Waals surface area contributed by atoms with Crippen molar-refractivity contribution in [2.75, 3.05) is 12.4 Å². The van der Waals surface area contributed by atoms with E-state index in [0.29, 0.717) is 22.7 Å². The number of carbonyl (C=O) groups is 1. The Labute approximate surface area is 176 Å². The molecule has 1 N–H and O–H groups in total. The monoisotopic (exact) mass is 451 g/mol. The van der Waals surface area contributed by atoms with E-state index in [1.807, 2.05) is 53.2 Å². The molecular formula is C22H18BrN3O3. The Morgan fingerprint density at radius 2 is 1.93 bits per heavy atom. The Kier molecular flexibility index (Phi) is 5.48. The second-order valence-electron chi connectivity index (χ2n) is 6.29. The van der Waals surface area contributed by atoms with Crippen molar-refractivity contribution in [2.45, 2.75) is 6.61 Å². The molecule has 4 aromatic rings. The van der Waals surface area contributed by atoms with Crippen LogP contribution in [0.1, 0.15) is 16.1 Å². The van der Waals surface area contributed by atoms with Crippen LogP contribution in [-0.4, -0.2) is 22.4 Å². The van der Waals surface area contributed by atoms with Crippen LogP contribution in [0.3, 0.4) is 0 Å². The second kappa shape index (κ2) is 8.36. The van der Waals surface area contributed by atoms with Crippen molar-refractivity contribution in [2.24, 2.45) is 0 Å². The average Bonchev–Trinajstić information content (AvgIpc) is 3.15. The summed E-state index contributed by atoms with van der Waals surface area (Å²) in [5.74, 6) is 0.885. The zero-order chi connectivity index (χ0) is 20.2. The van der Waals surface area contributed by atoms with Crippen molar-refractivity contribution in [3.63, 3.8) is 0 Å². The summed E-state index contributed by atoms with van der Waals surface area (Å²) in [5.41, 5.74) is 2.81. The van der Waals surface area contributed by atoms with Gasteiger partial charge in [-0.3, -0.25) is 4.79 Å². The van der Waals surface area contributed by atoms with Gasteiger partial charge >= 0.3 is 0 Å². The van der Waals surface area contributed by atoms with Gasteiger partial charge in [0.25, 0.3) is 5.91 Å². The number of rotatable bonds is 6. The van der Waals surface area contributed by atoms with Gasteiger partial charge in [-0.1, -0.05) is 18.2 Å². The molecule has 2 aromatic heterocycles. The third-order valence-corrected chi connectivity index (χ3v) is 5.02. The van der Waals surface area contributed by atoms with Gasteiger partial charge in [-0.15, -0.1) is 0 Å². The lowest BCUT2D eigenvalue weighted by Gasteiger charge is -2.13. The van der Waals surface area contributed by atoms with E-state index in [-0.39, 0.29) is 12.5 Å². The van der Waals surface area contributed by atoms with E-state index in [4.69, 9.17) is 9.47 Å². The summed E-state index contributed by atoms with van der Waals surface area (Å²) < 4.78 is 14.0. The third-order valence-electron chi connectivity index (χ3n) is 4.33. The van der Waals surface area contributed by atoms with E-state index in [1.165, 1.54) is 0 Å². The van der Waals surface area contributed by atoms with Crippen LogP contribution >= 0.6 is 15.9 Å². The highest BCUT2D eigenvalue weighted by Crippen LogP contribution is 2.31. The molecule has 2 aromatic carbocycles. The smallest absolute Gasteiger partial charge is 0.256 e. The standard InChI is InChI=1S/C22H18BrN3O3/c1-28-19-10-9-15(25-22(27)17-6-2-3-7-18(17)23)12-20(19)29-14-16-13-26-11-5-4-8-21(26)24-16/h2-13H,14H2,1H3,(H,25,27). The van der Waals surface area contributed by atoms with E-state index in [2.05, 4.69) is 26.2 Å². The van der Waals surface area contributed by atoms with Gasteiger partial charge < -0.3 is 19.2 Å². The van der Waals surface area contributed by atoms with Crippen molar-refractivity contribution < 1.29 is 14.3 Å². The Balaban J connectivity index is 1.52. The van der Waals surface area contributed by atoms with Crippen LogP contribution in [0.2, 0.25) is 0 Å². The van der Waals surface area contributed by atoms with Crippen molar-refractivity contribution in [3.05, 3.63) is 88.8 Å². The highest BCUT2D eigenvalue weighted by Gasteiger charge is 2.12. The number of amides is 1. The maximum absolute atomic E-state index is 12.6. The molecule has 0 saturated heterocycles. The lowest BCUT2D eigenvalue weighted by molar-refractivity contribution is 0.102. The molecule has 0 bridgehead atoms. The number of fused-ring (bicyclic) bond motifs is 1. The summed E-state index contributed by atoms with van der Waals surface area (Å²) >= 11 is 3.40. The zero-order valence-corrected chi connectivity index (χ0v) is 17.2. The Morgan fingerprint density at radius 1 is 1.10 bits per heavy atom. The number of pyridine rings is 1. The molecule has 146 valence electrons. The van der Waals surface area contributed by atoms with E-state index in [9.17, 15) is 4.79 Å². The fourth-order valence-corrected chi connectivity index (χ4v) is 3.38. The minimum Gasteiger partial charge on any atom is -0.493 e. The molecule has 0 spiro atoms. The number of aromatic nitrogens is 2. The minimum absolute atomic E-state index is 0.214. The predicted molar refractivity (Wildman–Crippen MR) is 115 cm³/mol. The summed E-state index contributed by atoms with van der Waals surface area (Å²) in [7, 11) is 1.58. The van der Waals surface area contributed by atoms with Gasteiger partial charge in [0.05, 0.1) is 18.4 Å². The minimum atomic E-state index is -0.214. The van der Waals surface area contributed by atoms with Gasteiger partial charge in [-0.2, -0.15) is 0 Å². The largest absolute Gasteiger partial charge is 0.493 e. The first-order chi connectivity index (χ1) is 14.1. The number of benzene rings is 2. The van der Waals surface area contributed by atoms with Crippen molar-refractivity contribution >= 4 is 33.2 Å². The lowest BCUT2D eigenvalue weighted by Crippen LogP contribution is -2.12. The fraction of sp³-hybridized carbons (Fsp3) is 0.0909. The molecule has 6 nitrogen and oxygen atoms in total. The number of nitrogens with zero attached hydrogens (tertiary/aromatic N) is 2. The third kappa shape index (κ3) is 4.25. The van der Waals surface area contributed by atoms with E-state index in [0.717, 1.165) is 15.8 Å². The van der Waals surface area contributed by atoms with Gasteiger partial charge in [0.2, 0.25) is 0 Å². The van der Waals surface area contributed by atoms with E-state index < -0.39 is 0 Å². The van der Waals surface area contributed by atoms with Crippen molar-refractivity contribution in [3.8, 4) is 11.5 Å². The van der Waals surface area contributed by atoms with Crippen LogP contribution in [-0.2, 0) is 6.61 Å². The Hall–Kier alpha value is -3.32. The molecule has 0 aliphatic heterocycles.